The summed E-state index contributed by atoms with van der Waals surface area (Å²) in [5.74, 6) is 2.34. The fourth-order valence-corrected chi connectivity index (χ4v) is 3.78. The summed E-state index contributed by atoms with van der Waals surface area (Å²) < 4.78 is 0. The third-order valence-corrected chi connectivity index (χ3v) is 4.74. The van der Waals surface area contributed by atoms with Gasteiger partial charge >= 0.3 is 0 Å². The van der Waals surface area contributed by atoms with Gasteiger partial charge in [-0.05, 0) is 31.1 Å². The molecule has 2 saturated carbocycles. The van der Waals surface area contributed by atoms with Crippen LogP contribution in [-0.4, -0.2) is 29.2 Å². The van der Waals surface area contributed by atoms with E-state index < -0.39 is 0 Å². The van der Waals surface area contributed by atoms with E-state index in [1.54, 1.807) is 0 Å². The zero-order valence-corrected chi connectivity index (χ0v) is 12.4. The summed E-state index contributed by atoms with van der Waals surface area (Å²) in [6, 6.07) is 0. The van der Waals surface area contributed by atoms with E-state index in [2.05, 4.69) is 27.8 Å². The Morgan fingerprint density at radius 2 is 1.88 bits per heavy atom. The monoisotopic (exact) mass is 301 g/mol. The van der Waals surface area contributed by atoms with Crippen LogP contribution in [0, 0.1) is 17.8 Å². The molecule has 2 rings (SSSR count). The van der Waals surface area contributed by atoms with Gasteiger partial charge in [-0.2, -0.15) is 0 Å². The van der Waals surface area contributed by atoms with E-state index in [1.165, 1.54) is 32.1 Å². The molecule has 0 N–H and O–H groups in total. The van der Waals surface area contributed by atoms with Gasteiger partial charge in [0.25, 0.3) is 0 Å². The summed E-state index contributed by atoms with van der Waals surface area (Å²) in [7, 11) is 0. The highest BCUT2D eigenvalue weighted by atomic mass is 79.9. The minimum absolute atomic E-state index is 0.397. The molecule has 17 heavy (non-hydrogen) atoms. The first-order valence-corrected chi connectivity index (χ1v) is 8.26. The normalized spacial score (nSPS) is 30.8. The van der Waals surface area contributed by atoms with Gasteiger partial charge in [0.1, 0.15) is 0 Å². The van der Waals surface area contributed by atoms with Crippen molar-refractivity contribution < 1.29 is 4.79 Å². The number of nitrogens with zero attached hydrogens (tertiary/aromatic N) is 1. The van der Waals surface area contributed by atoms with Gasteiger partial charge in [0.15, 0.2) is 0 Å². The van der Waals surface area contributed by atoms with E-state index in [0.29, 0.717) is 11.8 Å². The zero-order chi connectivity index (χ0) is 12.3. The van der Waals surface area contributed by atoms with Crippen molar-refractivity contribution in [3.05, 3.63) is 0 Å². The average molecular weight is 302 g/mol. The highest BCUT2D eigenvalue weighted by molar-refractivity contribution is 9.09. The number of alkyl halides is 1. The molecule has 0 bridgehead atoms. The van der Waals surface area contributed by atoms with Crippen molar-refractivity contribution in [2.45, 2.75) is 45.4 Å². The Morgan fingerprint density at radius 3 is 2.41 bits per heavy atom. The van der Waals surface area contributed by atoms with Crippen molar-refractivity contribution >= 4 is 21.8 Å². The largest absolute Gasteiger partial charge is 0.342 e. The lowest BCUT2D eigenvalue weighted by atomic mass is 10.0. The van der Waals surface area contributed by atoms with Gasteiger partial charge < -0.3 is 4.90 Å². The fourth-order valence-electron chi connectivity index (χ4n) is 3.35. The standard InChI is InChI=1S/C14H24BrNO/c1-2-3-9-16(10-8-15)14(17)13-11-6-4-5-7-12(11)13/h11-13H,2-10H2,1H3. The number of carbonyl (C=O) groups is 1. The topological polar surface area (TPSA) is 20.3 Å². The van der Waals surface area contributed by atoms with E-state index in [0.717, 1.165) is 36.7 Å². The number of hydrogen-bond donors (Lipinski definition) is 0. The fraction of sp³-hybridized carbons (Fsp3) is 0.929. The number of hydrogen-bond acceptors (Lipinski definition) is 1. The van der Waals surface area contributed by atoms with Crippen LogP contribution >= 0.6 is 15.9 Å². The Kier molecular flexibility index (Phi) is 4.89. The van der Waals surface area contributed by atoms with Gasteiger partial charge in [-0.25, -0.2) is 0 Å². The van der Waals surface area contributed by atoms with Crippen molar-refractivity contribution in [3.8, 4) is 0 Å². The van der Waals surface area contributed by atoms with E-state index in [4.69, 9.17) is 0 Å². The molecule has 0 saturated heterocycles. The number of unbranched alkanes of at least 4 members (excludes halogenated alkanes) is 1. The third-order valence-electron chi connectivity index (χ3n) is 4.39. The summed E-state index contributed by atoms with van der Waals surface area (Å²) in [6.45, 7) is 4.03. The molecule has 2 fully saturated rings. The van der Waals surface area contributed by atoms with Crippen LogP contribution in [0.2, 0.25) is 0 Å². The molecule has 2 nitrogen and oxygen atoms in total. The summed E-state index contributed by atoms with van der Waals surface area (Å²) >= 11 is 3.46. The minimum atomic E-state index is 0.397. The minimum Gasteiger partial charge on any atom is -0.342 e. The first-order valence-electron chi connectivity index (χ1n) is 7.14. The second kappa shape index (κ2) is 6.21. The Hall–Kier alpha value is -0.0500. The molecule has 2 atom stereocenters. The number of rotatable bonds is 6. The summed E-state index contributed by atoms with van der Waals surface area (Å²) in [5.41, 5.74) is 0. The Labute approximate surface area is 113 Å². The molecule has 3 heteroatoms. The van der Waals surface area contributed by atoms with Crippen LogP contribution in [0.25, 0.3) is 0 Å². The van der Waals surface area contributed by atoms with Gasteiger partial charge in [0.2, 0.25) is 5.91 Å². The summed E-state index contributed by atoms with van der Waals surface area (Å²) in [4.78, 5) is 14.6. The molecule has 0 aromatic rings. The van der Waals surface area contributed by atoms with Crippen LogP contribution in [0.3, 0.4) is 0 Å². The molecule has 0 spiro atoms. The van der Waals surface area contributed by atoms with Gasteiger partial charge in [-0.3, -0.25) is 4.79 Å². The third kappa shape index (κ3) is 3.04. The molecule has 0 aromatic carbocycles. The van der Waals surface area contributed by atoms with Crippen LogP contribution in [0.15, 0.2) is 0 Å². The molecule has 0 heterocycles. The molecule has 2 aliphatic carbocycles. The SMILES string of the molecule is CCCCN(CCBr)C(=O)C1C2CCCCC21. The molecule has 1 amide bonds. The van der Waals surface area contributed by atoms with Crippen LogP contribution < -0.4 is 0 Å². The Bertz CT molecular complexity index is 257. The van der Waals surface area contributed by atoms with Crippen molar-refractivity contribution in [2.24, 2.45) is 17.8 Å². The second-order valence-corrected chi connectivity index (χ2v) is 6.30. The number of amides is 1. The molecule has 0 aromatic heterocycles. The Morgan fingerprint density at radius 1 is 1.24 bits per heavy atom. The van der Waals surface area contributed by atoms with Crippen LogP contribution in [0.4, 0.5) is 0 Å². The molecule has 2 unspecified atom stereocenters. The predicted molar refractivity (Wildman–Crippen MR) is 74.2 cm³/mol. The van der Waals surface area contributed by atoms with Gasteiger partial charge in [-0.1, -0.05) is 42.1 Å². The molecular weight excluding hydrogens is 278 g/mol. The van der Waals surface area contributed by atoms with Crippen molar-refractivity contribution in [1.29, 1.82) is 0 Å². The van der Waals surface area contributed by atoms with Gasteiger partial charge in [0, 0.05) is 24.3 Å². The van der Waals surface area contributed by atoms with Crippen LogP contribution in [0.1, 0.15) is 45.4 Å². The van der Waals surface area contributed by atoms with Crippen molar-refractivity contribution in [2.75, 3.05) is 18.4 Å². The van der Waals surface area contributed by atoms with Crippen LogP contribution in [0.5, 0.6) is 0 Å². The van der Waals surface area contributed by atoms with Gasteiger partial charge in [-0.15, -0.1) is 0 Å². The molecular formula is C14H24BrNO. The van der Waals surface area contributed by atoms with Crippen molar-refractivity contribution in [1.82, 2.24) is 4.90 Å². The summed E-state index contributed by atoms with van der Waals surface area (Å²) in [6.07, 6.45) is 7.61. The first kappa shape index (κ1) is 13.4. The van der Waals surface area contributed by atoms with E-state index in [-0.39, 0.29) is 0 Å². The van der Waals surface area contributed by atoms with Crippen molar-refractivity contribution in [3.63, 3.8) is 0 Å². The molecule has 0 radical (unpaired) electrons. The predicted octanol–water partition coefficient (Wildman–Crippen LogP) is 3.45. The first-order chi connectivity index (χ1) is 8.29. The smallest absolute Gasteiger partial charge is 0.226 e. The quantitative estimate of drug-likeness (QED) is 0.688. The van der Waals surface area contributed by atoms with E-state index >= 15 is 0 Å². The average Bonchev–Trinajstić information content (AvgIpc) is 3.08. The lowest BCUT2D eigenvalue weighted by Gasteiger charge is -2.22. The molecule has 98 valence electrons. The zero-order valence-electron chi connectivity index (χ0n) is 10.8. The highest BCUT2D eigenvalue weighted by Crippen LogP contribution is 2.56. The van der Waals surface area contributed by atoms with Gasteiger partial charge in [0.05, 0.1) is 0 Å². The number of halogens is 1. The lowest BCUT2D eigenvalue weighted by Crippen LogP contribution is -2.35. The van der Waals surface area contributed by atoms with E-state index in [1.807, 2.05) is 0 Å². The lowest BCUT2D eigenvalue weighted by molar-refractivity contribution is -0.133. The van der Waals surface area contributed by atoms with Crippen LogP contribution in [-0.2, 0) is 4.79 Å². The maximum atomic E-state index is 12.5. The molecule has 2 aliphatic rings. The second-order valence-electron chi connectivity index (χ2n) is 5.51. The maximum absolute atomic E-state index is 12.5. The maximum Gasteiger partial charge on any atom is 0.226 e. The summed E-state index contributed by atoms with van der Waals surface area (Å²) in [5, 5.41) is 0.907. The van der Waals surface area contributed by atoms with E-state index in [9.17, 15) is 4.79 Å². The number of fused-ring (bicyclic) bond motifs is 1. The molecule has 0 aliphatic heterocycles. The number of carbonyl (C=O) groups excluding carboxylic acids is 1. The highest BCUT2D eigenvalue weighted by Gasteiger charge is 2.55. The Balaban J connectivity index is 1.87.